The highest BCUT2D eigenvalue weighted by Gasteiger charge is 2.06. The summed E-state index contributed by atoms with van der Waals surface area (Å²) in [6.45, 7) is 10.1. The summed E-state index contributed by atoms with van der Waals surface area (Å²) in [5.41, 5.74) is 1.19. The normalized spacial score (nSPS) is 13.1. The second-order valence-electron chi connectivity index (χ2n) is 5.93. The molecule has 1 atom stereocenters. The highest BCUT2D eigenvalue weighted by Crippen LogP contribution is 2.13. The average Bonchev–Trinajstić information content (AvgIpc) is 2.87. The number of ether oxygens (including phenoxy) is 1. The van der Waals surface area contributed by atoms with Gasteiger partial charge in [0.25, 0.3) is 0 Å². The summed E-state index contributed by atoms with van der Waals surface area (Å²) in [4.78, 5) is 0. The van der Waals surface area contributed by atoms with Crippen LogP contribution in [0.25, 0.3) is 0 Å². The van der Waals surface area contributed by atoms with Gasteiger partial charge in [0, 0.05) is 18.2 Å². The Morgan fingerprint density at radius 2 is 2.00 bits per heavy atom. The second kappa shape index (κ2) is 10.0. The predicted molar refractivity (Wildman–Crippen MR) is 83.7 cm³/mol. The zero-order valence-corrected chi connectivity index (χ0v) is 13.6. The Kier molecular flexibility index (Phi) is 8.63. The first-order valence-corrected chi connectivity index (χ1v) is 8.03. The van der Waals surface area contributed by atoms with Crippen LogP contribution in [0.4, 0.5) is 0 Å². The van der Waals surface area contributed by atoms with E-state index in [0.29, 0.717) is 18.8 Å². The third-order valence-electron chi connectivity index (χ3n) is 3.40. The molecule has 0 bridgehead atoms. The summed E-state index contributed by atoms with van der Waals surface area (Å²) in [6, 6.07) is 2.58. The predicted octanol–water partition coefficient (Wildman–Crippen LogP) is 4.65. The van der Waals surface area contributed by atoms with Gasteiger partial charge in [0.2, 0.25) is 0 Å². The SMILES string of the molecule is CCCCCCC(C)OCc1cc(CNC(C)C)co1. The lowest BCUT2D eigenvalue weighted by Gasteiger charge is -2.11. The highest BCUT2D eigenvalue weighted by molar-refractivity contribution is 5.12. The molecule has 0 radical (unpaired) electrons. The fourth-order valence-corrected chi connectivity index (χ4v) is 2.08. The van der Waals surface area contributed by atoms with Crippen molar-refractivity contribution in [2.24, 2.45) is 0 Å². The zero-order chi connectivity index (χ0) is 14.8. The van der Waals surface area contributed by atoms with Gasteiger partial charge in [-0.2, -0.15) is 0 Å². The minimum Gasteiger partial charge on any atom is -0.467 e. The van der Waals surface area contributed by atoms with Crippen LogP contribution in [-0.4, -0.2) is 12.1 Å². The highest BCUT2D eigenvalue weighted by atomic mass is 16.5. The monoisotopic (exact) mass is 281 g/mol. The Hall–Kier alpha value is -0.800. The summed E-state index contributed by atoms with van der Waals surface area (Å²) in [6.07, 6.45) is 8.47. The van der Waals surface area contributed by atoms with Gasteiger partial charge < -0.3 is 14.5 Å². The van der Waals surface area contributed by atoms with Crippen molar-refractivity contribution < 1.29 is 9.15 Å². The van der Waals surface area contributed by atoms with Crippen LogP contribution in [0.1, 0.15) is 71.1 Å². The Bertz CT molecular complexity index is 347. The number of hydrogen-bond donors (Lipinski definition) is 1. The molecular weight excluding hydrogens is 250 g/mol. The van der Waals surface area contributed by atoms with Crippen LogP contribution in [0.2, 0.25) is 0 Å². The van der Waals surface area contributed by atoms with Crippen LogP contribution in [0, 0.1) is 0 Å². The van der Waals surface area contributed by atoms with E-state index in [2.05, 4.69) is 39.1 Å². The van der Waals surface area contributed by atoms with Crippen LogP contribution in [0.3, 0.4) is 0 Å². The average molecular weight is 281 g/mol. The van der Waals surface area contributed by atoms with E-state index in [9.17, 15) is 0 Å². The molecule has 1 N–H and O–H groups in total. The van der Waals surface area contributed by atoms with E-state index in [1.54, 1.807) is 0 Å². The van der Waals surface area contributed by atoms with Gasteiger partial charge in [-0.3, -0.25) is 0 Å². The third-order valence-corrected chi connectivity index (χ3v) is 3.40. The van der Waals surface area contributed by atoms with Gasteiger partial charge in [0.1, 0.15) is 12.4 Å². The molecule has 3 heteroatoms. The Morgan fingerprint density at radius 1 is 1.20 bits per heavy atom. The Morgan fingerprint density at radius 3 is 2.70 bits per heavy atom. The van der Waals surface area contributed by atoms with Gasteiger partial charge >= 0.3 is 0 Å². The van der Waals surface area contributed by atoms with Crippen LogP contribution in [0.5, 0.6) is 0 Å². The number of rotatable bonds is 11. The fraction of sp³-hybridized carbons (Fsp3) is 0.765. The van der Waals surface area contributed by atoms with Gasteiger partial charge in [-0.1, -0.05) is 46.5 Å². The summed E-state index contributed by atoms with van der Waals surface area (Å²) in [5, 5.41) is 3.38. The lowest BCUT2D eigenvalue weighted by molar-refractivity contribution is 0.0360. The van der Waals surface area contributed by atoms with Crippen LogP contribution >= 0.6 is 0 Å². The number of unbranched alkanes of at least 4 members (excludes halogenated alkanes) is 3. The van der Waals surface area contributed by atoms with Crippen molar-refractivity contribution in [2.75, 3.05) is 0 Å². The van der Waals surface area contributed by atoms with Crippen molar-refractivity contribution in [3.8, 4) is 0 Å². The number of furan rings is 1. The fourth-order valence-electron chi connectivity index (χ4n) is 2.08. The van der Waals surface area contributed by atoms with Crippen LogP contribution in [-0.2, 0) is 17.9 Å². The maximum Gasteiger partial charge on any atom is 0.129 e. The van der Waals surface area contributed by atoms with E-state index < -0.39 is 0 Å². The van der Waals surface area contributed by atoms with E-state index >= 15 is 0 Å². The summed E-state index contributed by atoms with van der Waals surface area (Å²) in [7, 11) is 0. The molecule has 0 saturated carbocycles. The minimum absolute atomic E-state index is 0.314. The van der Waals surface area contributed by atoms with Gasteiger partial charge in [0.15, 0.2) is 0 Å². The molecule has 3 nitrogen and oxygen atoms in total. The summed E-state index contributed by atoms with van der Waals surface area (Å²) < 4.78 is 11.4. The van der Waals surface area contributed by atoms with E-state index in [-0.39, 0.29) is 0 Å². The molecule has 0 spiro atoms. The Balaban J connectivity index is 2.17. The number of nitrogens with one attached hydrogen (secondary N) is 1. The van der Waals surface area contributed by atoms with E-state index in [4.69, 9.17) is 9.15 Å². The summed E-state index contributed by atoms with van der Waals surface area (Å²) >= 11 is 0. The molecule has 116 valence electrons. The topological polar surface area (TPSA) is 34.4 Å². The first-order chi connectivity index (χ1) is 9.61. The van der Waals surface area contributed by atoms with E-state index in [1.807, 2.05) is 6.26 Å². The molecule has 0 amide bonds. The second-order valence-corrected chi connectivity index (χ2v) is 5.93. The first-order valence-electron chi connectivity index (χ1n) is 8.03. The van der Waals surface area contributed by atoms with Crippen LogP contribution in [0.15, 0.2) is 16.7 Å². The van der Waals surface area contributed by atoms with Crippen LogP contribution < -0.4 is 5.32 Å². The molecule has 1 heterocycles. The molecule has 0 aliphatic heterocycles. The minimum atomic E-state index is 0.314. The van der Waals surface area contributed by atoms with Crippen molar-refractivity contribution in [3.63, 3.8) is 0 Å². The number of hydrogen-bond acceptors (Lipinski definition) is 3. The van der Waals surface area contributed by atoms with Gasteiger partial charge in [-0.15, -0.1) is 0 Å². The van der Waals surface area contributed by atoms with Gasteiger partial charge in [0.05, 0.1) is 12.4 Å². The molecule has 1 rings (SSSR count). The van der Waals surface area contributed by atoms with Crippen molar-refractivity contribution >= 4 is 0 Å². The van der Waals surface area contributed by atoms with Gasteiger partial charge in [-0.05, 0) is 19.4 Å². The lowest BCUT2D eigenvalue weighted by atomic mass is 10.1. The molecule has 20 heavy (non-hydrogen) atoms. The van der Waals surface area contributed by atoms with Crippen molar-refractivity contribution in [2.45, 2.75) is 85.1 Å². The maximum atomic E-state index is 5.83. The first kappa shape index (κ1) is 17.3. The molecule has 1 aromatic rings. The third kappa shape index (κ3) is 7.71. The molecule has 0 saturated heterocycles. The lowest BCUT2D eigenvalue weighted by Crippen LogP contribution is -2.21. The molecule has 0 aliphatic carbocycles. The molecule has 0 aromatic carbocycles. The van der Waals surface area contributed by atoms with E-state index in [1.165, 1.54) is 31.2 Å². The maximum absolute atomic E-state index is 5.83. The van der Waals surface area contributed by atoms with Crippen molar-refractivity contribution in [3.05, 3.63) is 23.7 Å². The smallest absolute Gasteiger partial charge is 0.129 e. The molecule has 0 aliphatic rings. The molecule has 1 unspecified atom stereocenters. The molecule has 0 fully saturated rings. The van der Waals surface area contributed by atoms with Crippen molar-refractivity contribution in [1.29, 1.82) is 0 Å². The largest absolute Gasteiger partial charge is 0.467 e. The standard InChI is InChI=1S/C17H31NO2/c1-5-6-7-8-9-15(4)19-13-17-10-16(12-20-17)11-18-14(2)3/h10,12,14-15,18H,5-9,11,13H2,1-4H3. The Labute approximate surface area is 124 Å². The molecule has 1 aromatic heterocycles. The van der Waals surface area contributed by atoms with E-state index in [0.717, 1.165) is 18.7 Å². The van der Waals surface area contributed by atoms with Gasteiger partial charge in [-0.25, -0.2) is 0 Å². The summed E-state index contributed by atoms with van der Waals surface area (Å²) in [5.74, 6) is 0.922. The zero-order valence-electron chi connectivity index (χ0n) is 13.6. The van der Waals surface area contributed by atoms with Crippen molar-refractivity contribution in [1.82, 2.24) is 5.32 Å². The molecular formula is C17H31NO2. The quantitative estimate of drug-likeness (QED) is 0.599.